The molecular formula is C20H20Cl2N2. The minimum absolute atomic E-state index is 0.0206. The number of benzene rings is 2. The van der Waals surface area contributed by atoms with Crippen molar-refractivity contribution in [3.05, 3.63) is 63.6 Å². The molecule has 0 saturated heterocycles. The van der Waals surface area contributed by atoms with Crippen molar-refractivity contribution in [1.82, 2.24) is 0 Å². The Hall–Kier alpha value is -1.77. The molecular weight excluding hydrogens is 339 g/mol. The zero-order valence-electron chi connectivity index (χ0n) is 14.3. The molecule has 0 N–H and O–H groups in total. The predicted octanol–water partition coefficient (Wildman–Crippen LogP) is 6.38. The van der Waals surface area contributed by atoms with Crippen LogP contribution in [0.15, 0.2) is 47.5 Å². The van der Waals surface area contributed by atoms with E-state index in [1.165, 1.54) is 16.8 Å². The Bertz CT molecular complexity index is 851. The third-order valence-corrected chi connectivity index (χ3v) is 5.25. The highest BCUT2D eigenvalue weighted by Gasteiger charge is 2.28. The number of allylic oxidation sites excluding steroid dienone is 1. The molecule has 0 bridgehead atoms. The van der Waals surface area contributed by atoms with Gasteiger partial charge in [0.05, 0.1) is 21.3 Å². The lowest BCUT2D eigenvalue weighted by Crippen LogP contribution is -2.42. The first-order chi connectivity index (χ1) is 11.3. The van der Waals surface area contributed by atoms with Crippen LogP contribution in [0.2, 0.25) is 10.0 Å². The molecule has 0 atom stereocenters. The predicted molar refractivity (Wildman–Crippen MR) is 106 cm³/mol. The van der Waals surface area contributed by atoms with E-state index < -0.39 is 0 Å². The molecule has 24 heavy (non-hydrogen) atoms. The molecule has 0 fully saturated rings. The van der Waals surface area contributed by atoms with Gasteiger partial charge in [-0.1, -0.05) is 35.3 Å². The second kappa shape index (κ2) is 6.27. The Balaban J connectivity index is 1.93. The van der Waals surface area contributed by atoms with Crippen molar-refractivity contribution in [3.63, 3.8) is 0 Å². The SMILES string of the molecule is CC1=CC(C)(C)N(C)c2ccc(C=Nc3ccc(Cl)c(Cl)c3)cc21. The smallest absolute Gasteiger partial charge is 0.0645 e. The van der Waals surface area contributed by atoms with Crippen LogP contribution >= 0.6 is 23.2 Å². The number of halogens is 2. The van der Waals surface area contributed by atoms with Crippen LogP contribution in [0.3, 0.4) is 0 Å². The molecule has 2 aromatic rings. The van der Waals surface area contributed by atoms with E-state index in [-0.39, 0.29) is 5.54 Å². The minimum Gasteiger partial charge on any atom is -0.366 e. The summed E-state index contributed by atoms with van der Waals surface area (Å²) in [4.78, 5) is 6.80. The van der Waals surface area contributed by atoms with Crippen molar-refractivity contribution in [1.29, 1.82) is 0 Å². The van der Waals surface area contributed by atoms with Gasteiger partial charge in [0.2, 0.25) is 0 Å². The van der Waals surface area contributed by atoms with Crippen LogP contribution < -0.4 is 4.90 Å². The van der Waals surface area contributed by atoms with Crippen LogP contribution in [-0.4, -0.2) is 18.8 Å². The first-order valence-corrected chi connectivity index (χ1v) is 8.60. The Morgan fingerprint density at radius 1 is 1.04 bits per heavy atom. The topological polar surface area (TPSA) is 15.6 Å². The highest BCUT2D eigenvalue weighted by atomic mass is 35.5. The molecule has 0 saturated carbocycles. The monoisotopic (exact) mass is 358 g/mol. The molecule has 1 aliphatic heterocycles. The van der Waals surface area contributed by atoms with Gasteiger partial charge in [-0.05, 0) is 62.2 Å². The van der Waals surface area contributed by atoms with Crippen molar-refractivity contribution in [2.45, 2.75) is 26.3 Å². The van der Waals surface area contributed by atoms with Crippen LogP contribution in [0, 0.1) is 0 Å². The van der Waals surface area contributed by atoms with Gasteiger partial charge in [-0.25, -0.2) is 0 Å². The van der Waals surface area contributed by atoms with E-state index in [4.69, 9.17) is 23.2 Å². The van der Waals surface area contributed by atoms with E-state index in [0.717, 1.165) is 11.3 Å². The second-order valence-electron chi connectivity index (χ2n) is 6.67. The Morgan fingerprint density at radius 3 is 2.50 bits per heavy atom. The summed E-state index contributed by atoms with van der Waals surface area (Å²) < 4.78 is 0. The second-order valence-corrected chi connectivity index (χ2v) is 7.49. The normalized spacial score (nSPS) is 16.2. The number of nitrogens with zero attached hydrogens (tertiary/aromatic N) is 2. The molecule has 124 valence electrons. The molecule has 3 rings (SSSR count). The minimum atomic E-state index is 0.0206. The summed E-state index contributed by atoms with van der Waals surface area (Å²) in [5.74, 6) is 0. The third-order valence-electron chi connectivity index (χ3n) is 4.51. The van der Waals surface area contributed by atoms with Crippen LogP contribution in [0.25, 0.3) is 5.57 Å². The fourth-order valence-corrected chi connectivity index (χ4v) is 3.26. The number of hydrogen-bond acceptors (Lipinski definition) is 2. The van der Waals surface area contributed by atoms with E-state index >= 15 is 0 Å². The van der Waals surface area contributed by atoms with Crippen molar-refractivity contribution in [3.8, 4) is 0 Å². The van der Waals surface area contributed by atoms with Crippen LogP contribution in [0.4, 0.5) is 11.4 Å². The van der Waals surface area contributed by atoms with Crippen LogP contribution in [0.1, 0.15) is 31.9 Å². The van der Waals surface area contributed by atoms with Crippen molar-refractivity contribution >= 4 is 46.4 Å². The molecule has 1 heterocycles. The summed E-state index contributed by atoms with van der Waals surface area (Å²) in [7, 11) is 2.13. The molecule has 2 nitrogen and oxygen atoms in total. The fourth-order valence-electron chi connectivity index (χ4n) is 2.97. The molecule has 1 aliphatic rings. The number of fused-ring (bicyclic) bond motifs is 1. The largest absolute Gasteiger partial charge is 0.366 e. The number of rotatable bonds is 2. The molecule has 0 unspecified atom stereocenters. The molecule has 0 aromatic heterocycles. The maximum Gasteiger partial charge on any atom is 0.0645 e. The van der Waals surface area contributed by atoms with Gasteiger partial charge in [-0.2, -0.15) is 0 Å². The Morgan fingerprint density at radius 2 is 1.79 bits per heavy atom. The van der Waals surface area contributed by atoms with Gasteiger partial charge in [0.1, 0.15) is 0 Å². The first kappa shape index (κ1) is 17.1. The van der Waals surface area contributed by atoms with Crippen molar-refractivity contribution in [2.24, 2.45) is 4.99 Å². The lowest BCUT2D eigenvalue weighted by Gasteiger charge is -2.40. The van der Waals surface area contributed by atoms with Gasteiger partial charge in [-0.15, -0.1) is 0 Å². The molecule has 0 amide bonds. The van der Waals surface area contributed by atoms with Gasteiger partial charge in [0, 0.05) is 24.5 Å². The molecule has 0 aliphatic carbocycles. The van der Waals surface area contributed by atoms with Crippen LogP contribution in [-0.2, 0) is 0 Å². The van der Waals surface area contributed by atoms with Gasteiger partial charge >= 0.3 is 0 Å². The summed E-state index contributed by atoms with van der Waals surface area (Å²) in [5, 5.41) is 1.05. The van der Waals surface area contributed by atoms with E-state index in [1.807, 2.05) is 12.3 Å². The molecule has 4 heteroatoms. The quantitative estimate of drug-likeness (QED) is 0.569. The molecule has 0 radical (unpaired) electrons. The summed E-state index contributed by atoms with van der Waals surface area (Å²) in [6.07, 6.45) is 4.15. The highest BCUT2D eigenvalue weighted by molar-refractivity contribution is 6.42. The summed E-state index contributed by atoms with van der Waals surface area (Å²) in [6.45, 7) is 6.60. The van der Waals surface area contributed by atoms with Gasteiger partial charge in [0.15, 0.2) is 0 Å². The summed E-state index contributed by atoms with van der Waals surface area (Å²) in [5.41, 5.74) is 5.64. The third kappa shape index (κ3) is 3.22. The van der Waals surface area contributed by atoms with E-state index in [9.17, 15) is 0 Å². The van der Waals surface area contributed by atoms with E-state index in [1.54, 1.807) is 12.1 Å². The number of hydrogen-bond donors (Lipinski definition) is 0. The van der Waals surface area contributed by atoms with E-state index in [2.05, 4.69) is 62.0 Å². The lowest BCUT2D eigenvalue weighted by atomic mass is 9.89. The maximum atomic E-state index is 6.03. The Kier molecular flexibility index (Phi) is 4.46. The van der Waals surface area contributed by atoms with Crippen LogP contribution in [0.5, 0.6) is 0 Å². The fraction of sp³-hybridized carbons (Fsp3) is 0.250. The van der Waals surface area contributed by atoms with Gasteiger partial charge in [0.25, 0.3) is 0 Å². The maximum absolute atomic E-state index is 6.03. The average Bonchev–Trinajstić information content (AvgIpc) is 2.53. The average molecular weight is 359 g/mol. The van der Waals surface area contributed by atoms with Gasteiger partial charge in [-0.3, -0.25) is 4.99 Å². The van der Waals surface area contributed by atoms with Crippen molar-refractivity contribution in [2.75, 3.05) is 11.9 Å². The molecule has 2 aromatic carbocycles. The zero-order chi connectivity index (χ0) is 17.5. The number of aliphatic imine (C=N–C) groups is 1. The lowest BCUT2D eigenvalue weighted by molar-refractivity contribution is 0.598. The summed E-state index contributed by atoms with van der Waals surface area (Å²) >= 11 is 12.0. The first-order valence-electron chi connectivity index (χ1n) is 7.85. The number of anilines is 1. The number of likely N-dealkylation sites (N-methyl/N-ethyl adjacent to an activating group) is 1. The summed E-state index contributed by atoms with van der Waals surface area (Å²) in [6, 6.07) is 11.8. The standard InChI is InChI=1S/C20H20Cl2N2/c1-13-11-20(2,3)24(4)19-8-5-14(9-16(13)19)12-23-15-6-7-17(21)18(22)10-15/h5-12H,1-4H3. The zero-order valence-corrected chi connectivity index (χ0v) is 15.8. The van der Waals surface area contributed by atoms with Crippen molar-refractivity contribution < 1.29 is 0 Å². The van der Waals surface area contributed by atoms with E-state index in [0.29, 0.717) is 10.0 Å². The molecule has 0 spiro atoms. The highest BCUT2D eigenvalue weighted by Crippen LogP contribution is 2.38. The van der Waals surface area contributed by atoms with Gasteiger partial charge < -0.3 is 4.90 Å². The Labute approximate surface area is 153 Å².